The standard InChI is InChI=1S/C12H18ClN3O2/c1-17-6-3-5-14-11-8-10(13)15-12(16-11)9-4-2-7-18-9/h8-9H,2-7H2,1H3,(H,14,15,16). The summed E-state index contributed by atoms with van der Waals surface area (Å²) in [6.07, 6.45) is 2.93. The van der Waals surface area contributed by atoms with Crippen molar-refractivity contribution >= 4 is 17.4 Å². The molecule has 18 heavy (non-hydrogen) atoms. The normalized spacial score (nSPS) is 19.1. The van der Waals surface area contributed by atoms with Crippen LogP contribution in [0.4, 0.5) is 5.82 Å². The molecule has 0 saturated carbocycles. The lowest BCUT2D eigenvalue weighted by atomic mass is 10.2. The largest absolute Gasteiger partial charge is 0.385 e. The van der Waals surface area contributed by atoms with E-state index >= 15 is 0 Å². The third kappa shape index (κ3) is 3.80. The van der Waals surface area contributed by atoms with Crippen LogP contribution in [0.1, 0.15) is 31.2 Å². The van der Waals surface area contributed by atoms with Crippen molar-refractivity contribution in [1.82, 2.24) is 9.97 Å². The van der Waals surface area contributed by atoms with Crippen LogP contribution in [0.25, 0.3) is 0 Å². The zero-order chi connectivity index (χ0) is 12.8. The molecular weight excluding hydrogens is 254 g/mol. The molecule has 1 N–H and O–H groups in total. The van der Waals surface area contributed by atoms with Gasteiger partial charge in [0.1, 0.15) is 17.1 Å². The molecule has 0 spiro atoms. The van der Waals surface area contributed by atoms with Gasteiger partial charge in [0.2, 0.25) is 0 Å². The highest BCUT2D eigenvalue weighted by atomic mass is 35.5. The number of hydrogen-bond acceptors (Lipinski definition) is 5. The van der Waals surface area contributed by atoms with Gasteiger partial charge in [-0.2, -0.15) is 0 Å². The topological polar surface area (TPSA) is 56.3 Å². The monoisotopic (exact) mass is 271 g/mol. The molecule has 0 radical (unpaired) electrons. The first-order valence-electron chi connectivity index (χ1n) is 6.18. The Morgan fingerprint density at radius 1 is 1.56 bits per heavy atom. The van der Waals surface area contributed by atoms with Crippen LogP contribution in [0.5, 0.6) is 0 Å². The van der Waals surface area contributed by atoms with Crippen LogP contribution >= 0.6 is 11.6 Å². The summed E-state index contributed by atoms with van der Waals surface area (Å²) in [6.45, 7) is 2.30. The number of nitrogens with one attached hydrogen (secondary N) is 1. The first-order valence-corrected chi connectivity index (χ1v) is 6.56. The lowest BCUT2D eigenvalue weighted by molar-refractivity contribution is 0.105. The number of ether oxygens (including phenoxy) is 2. The molecule has 0 bridgehead atoms. The van der Waals surface area contributed by atoms with Gasteiger partial charge >= 0.3 is 0 Å². The second-order valence-electron chi connectivity index (χ2n) is 4.21. The summed E-state index contributed by atoms with van der Waals surface area (Å²) in [7, 11) is 1.69. The summed E-state index contributed by atoms with van der Waals surface area (Å²) in [6, 6.07) is 1.73. The predicted octanol–water partition coefficient (Wildman–Crippen LogP) is 2.43. The quantitative estimate of drug-likeness (QED) is 0.636. The Labute approximate surface area is 112 Å². The summed E-state index contributed by atoms with van der Waals surface area (Å²) < 4.78 is 10.6. The zero-order valence-corrected chi connectivity index (χ0v) is 11.2. The van der Waals surface area contributed by atoms with E-state index in [2.05, 4.69) is 15.3 Å². The Bertz CT molecular complexity index is 384. The van der Waals surface area contributed by atoms with Crippen molar-refractivity contribution < 1.29 is 9.47 Å². The van der Waals surface area contributed by atoms with E-state index in [9.17, 15) is 0 Å². The summed E-state index contributed by atoms with van der Waals surface area (Å²) in [5.74, 6) is 1.42. The molecule has 2 rings (SSSR count). The van der Waals surface area contributed by atoms with Crippen LogP contribution in [0.3, 0.4) is 0 Å². The van der Waals surface area contributed by atoms with Gasteiger partial charge < -0.3 is 14.8 Å². The van der Waals surface area contributed by atoms with Crippen molar-refractivity contribution in [2.24, 2.45) is 0 Å². The molecule has 2 heterocycles. The van der Waals surface area contributed by atoms with Crippen molar-refractivity contribution in [2.45, 2.75) is 25.4 Å². The third-order valence-electron chi connectivity index (χ3n) is 2.76. The summed E-state index contributed by atoms with van der Waals surface area (Å²) >= 11 is 6.00. The summed E-state index contributed by atoms with van der Waals surface area (Å²) in [5, 5.41) is 3.66. The van der Waals surface area contributed by atoms with Gasteiger partial charge in [-0.15, -0.1) is 0 Å². The van der Waals surface area contributed by atoms with Crippen LogP contribution in [0.2, 0.25) is 5.15 Å². The molecule has 100 valence electrons. The van der Waals surface area contributed by atoms with Gasteiger partial charge in [0.05, 0.1) is 0 Å². The van der Waals surface area contributed by atoms with Gasteiger partial charge in [-0.3, -0.25) is 0 Å². The molecule has 1 atom stereocenters. The molecule has 1 unspecified atom stereocenters. The predicted molar refractivity (Wildman–Crippen MR) is 70.0 cm³/mol. The van der Waals surface area contributed by atoms with Crippen LogP contribution in [-0.2, 0) is 9.47 Å². The Morgan fingerprint density at radius 3 is 3.17 bits per heavy atom. The van der Waals surface area contributed by atoms with E-state index in [1.165, 1.54) is 0 Å². The Balaban J connectivity index is 1.97. The highest BCUT2D eigenvalue weighted by Gasteiger charge is 2.21. The van der Waals surface area contributed by atoms with E-state index in [4.69, 9.17) is 21.1 Å². The number of rotatable bonds is 6. The van der Waals surface area contributed by atoms with Crippen LogP contribution in [0, 0.1) is 0 Å². The van der Waals surface area contributed by atoms with Crippen molar-refractivity contribution in [3.63, 3.8) is 0 Å². The molecular formula is C12H18ClN3O2. The highest BCUT2D eigenvalue weighted by molar-refractivity contribution is 6.29. The maximum absolute atomic E-state index is 6.00. The number of aromatic nitrogens is 2. The first-order chi connectivity index (χ1) is 8.79. The molecule has 1 fully saturated rings. The second kappa shape index (κ2) is 6.87. The minimum Gasteiger partial charge on any atom is -0.385 e. The lowest BCUT2D eigenvalue weighted by Gasteiger charge is -2.11. The van der Waals surface area contributed by atoms with Gasteiger partial charge in [0, 0.05) is 32.9 Å². The van der Waals surface area contributed by atoms with Crippen LogP contribution in [0.15, 0.2) is 6.07 Å². The van der Waals surface area contributed by atoms with E-state index in [0.717, 1.165) is 44.8 Å². The average molecular weight is 272 g/mol. The number of anilines is 1. The van der Waals surface area contributed by atoms with E-state index < -0.39 is 0 Å². The smallest absolute Gasteiger partial charge is 0.161 e. The fraction of sp³-hybridized carbons (Fsp3) is 0.667. The fourth-order valence-corrected chi connectivity index (χ4v) is 2.07. The fourth-order valence-electron chi connectivity index (χ4n) is 1.88. The number of halogens is 1. The lowest BCUT2D eigenvalue weighted by Crippen LogP contribution is -2.10. The molecule has 6 heteroatoms. The molecule has 0 amide bonds. The van der Waals surface area contributed by atoms with Crippen LogP contribution in [-0.4, -0.2) is 36.8 Å². The van der Waals surface area contributed by atoms with Gasteiger partial charge in [0.15, 0.2) is 5.82 Å². The van der Waals surface area contributed by atoms with E-state index in [-0.39, 0.29) is 6.10 Å². The molecule has 1 aromatic rings. The van der Waals surface area contributed by atoms with Gasteiger partial charge in [-0.1, -0.05) is 11.6 Å². The molecule has 1 aliphatic rings. The molecule has 1 aromatic heterocycles. The molecule has 0 aromatic carbocycles. The second-order valence-corrected chi connectivity index (χ2v) is 4.60. The number of hydrogen-bond donors (Lipinski definition) is 1. The first kappa shape index (κ1) is 13.5. The van der Waals surface area contributed by atoms with Crippen molar-refractivity contribution in [1.29, 1.82) is 0 Å². The third-order valence-corrected chi connectivity index (χ3v) is 2.95. The Hall–Kier alpha value is -0.910. The summed E-state index contributed by atoms with van der Waals surface area (Å²) in [4.78, 5) is 8.67. The zero-order valence-electron chi connectivity index (χ0n) is 10.5. The number of nitrogens with zero attached hydrogens (tertiary/aromatic N) is 2. The Morgan fingerprint density at radius 2 is 2.44 bits per heavy atom. The van der Waals surface area contributed by atoms with Gasteiger partial charge in [-0.05, 0) is 19.3 Å². The van der Waals surface area contributed by atoms with Crippen molar-refractivity contribution in [3.8, 4) is 0 Å². The van der Waals surface area contributed by atoms with Crippen molar-refractivity contribution in [2.75, 3.05) is 32.2 Å². The summed E-state index contributed by atoms with van der Waals surface area (Å²) in [5.41, 5.74) is 0. The molecule has 1 saturated heterocycles. The number of methoxy groups -OCH3 is 1. The van der Waals surface area contributed by atoms with E-state index in [1.54, 1.807) is 13.2 Å². The molecule has 1 aliphatic heterocycles. The maximum atomic E-state index is 6.00. The average Bonchev–Trinajstić information content (AvgIpc) is 2.88. The SMILES string of the molecule is COCCCNc1cc(Cl)nc(C2CCCO2)n1. The molecule has 0 aliphatic carbocycles. The van der Waals surface area contributed by atoms with E-state index in [0.29, 0.717) is 11.0 Å². The van der Waals surface area contributed by atoms with Crippen molar-refractivity contribution in [3.05, 3.63) is 17.0 Å². The highest BCUT2D eigenvalue weighted by Crippen LogP contribution is 2.27. The molecule has 5 nitrogen and oxygen atoms in total. The van der Waals surface area contributed by atoms with E-state index in [1.807, 2.05) is 0 Å². The van der Waals surface area contributed by atoms with Gasteiger partial charge in [0.25, 0.3) is 0 Å². The maximum Gasteiger partial charge on any atom is 0.161 e. The minimum atomic E-state index is -0.0109. The Kier molecular flexibility index (Phi) is 5.16. The van der Waals surface area contributed by atoms with Crippen LogP contribution < -0.4 is 5.32 Å². The minimum absolute atomic E-state index is 0.0109. The van der Waals surface area contributed by atoms with Gasteiger partial charge in [-0.25, -0.2) is 9.97 Å².